The van der Waals surface area contributed by atoms with E-state index in [9.17, 15) is 9.59 Å². The van der Waals surface area contributed by atoms with Crippen LogP contribution in [0.2, 0.25) is 0 Å². The molecule has 0 unspecified atom stereocenters. The third-order valence-corrected chi connectivity index (χ3v) is 7.17. The predicted molar refractivity (Wildman–Crippen MR) is 114 cm³/mol. The molecule has 8 heteroatoms. The first kappa shape index (κ1) is 18.4. The summed E-state index contributed by atoms with van der Waals surface area (Å²) in [5.74, 6) is 0.0826. The van der Waals surface area contributed by atoms with E-state index >= 15 is 0 Å². The third-order valence-electron chi connectivity index (χ3n) is 5.17. The van der Waals surface area contributed by atoms with E-state index in [2.05, 4.69) is 22.6 Å². The molecule has 0 bridgehead atoms. The minimum absolute atomic E-state index is 0.0287. The molecule has 0 aliphatic carbocycles. The lowest BCUT2D eigenvalue weighted by atomic mass is 10.0. The number of ether oxygens (including phenoxy) is 1. The van der Waals surface area contributed by atoms with Crippen molar-refractivity contribution in [2.75, 3.05) is 18.9 Å². The molecule has 0 fully saturated rings. The van der Waals surface area contributed by atoms with E-state index in [0.29, 0.717) is 10.6 Å². The summed E-state index contributed by atoms with van der Waals surface area (Å²) in [5, 5.41) is 9.29. The molecule has 6 nitrogen and oxygen atoms in total. The highest BCUT2D eigenvalue weighted by molar-refractivity contribution is 7.16. The second-order valence-electron chi connectivity index (χ2n) is 7.18. The standard InChI is InChI=1S/C21H19N3O3S2/c1-24-9-8-14-16(11-24)29-20-17(14)19(25)22-18(23-20)12-4-6-13(7-5-12)27-21(26)15-3-2-10-28-15/h2-7,10,18,23H,8-9,11H2,1H3,(H,22,25)/t18-/m0/s1. The normalized spacial score (nSPS) is 18.4. The summed E-state index contributed by atoms with van der Waals surface area (Å²) in [5.41, 5.74) is 2.89. The minimum atomic E-state index is -0.365. The Morgan fingerprint density at radius 2 is 2.03 bits per heavy atom. The van der Waals surface area contributed by atoms with Gasteiger partial charge in [0.25, 0.3) is 5.91 Å². The maximum absolute atomic E-state index is 12.8. The van der Waals surface area contributed by atoms with Crippen LogP contribution in [0.3, 0.4) is 0 Å². The summed E-state index contributed by atoms with van der Waals surface area (Å²) in [6.45, 7) is 1.86. The fraction of sp³-hybridized carbons (Fsp3) is 0.238. The summed E-state index contributed by atoms with van der Waals surface area (Å²) in [4.78, 5) is 29.0. The van der Waals surface area contributed by atoms with Crippen LogP contribution in [0.25, 0.3) is 0 Å². The first-order valence-corrected chi connectivity index (χ1v) is 11.0. The SMILES string of the molecule is CN1CCc2c(sc3c2C(=O)N[C@H](c2ccc(OC(=O)c4cccs4)cc2)N3)C1. The van der Waals surface area contributed by atoms with Crippen LogP contribution in [0.1, 0.15) is 42.2 Å². The molecular formula is C21H19N3O3S2. The molecule has 29 heavy (non-hydrogen) atoms. The Kier molecular flexibility index (Phi) is 4.61. The van der Waals surface area contributed by atoms with E-state index < -0.39 is 0 Å². The predicted octanol–water partition coefficient (Wildman–Crippen LogP) is 3.87. The first-order valence-electron chi connectivity index (χ1n) is 9.34. The number of nitrogens with one attached hydrogen (secondary N) is 2. The van der Waals surface area contributed by atoms with Gasteiger partial charge in [-0.1, -0.05) is 18.2 Å². The van der Waals surface area contributed by atoms with Crippen LogP contribution >= 0.6 is 22.7 Å². The molecule has 4 heterocycles. The average molecular weight is 426 g/mol. The van der Waals surface area contributed by atoms with E-state index in [0.717, 1.165) is 35.6 Å². The van der Waals surface area contributed by atoms with E-state index in [4.69, 9.17) is 4.74 Å². The van der Waals surface area contributed by atoms with Gasteiger partial charge < -0.3 is 20.3 Å². The minimum Gasteiger partial charge on any atom is -0.422 e. The van der Waals surface area contributed by atoms with Crippen molar-refractivity contribution in [1.29, 1.82) is 0 Å². The average Bonchev–Trinajstić information content (AvgIpc) is 3.36. The number of esters is 1. The number of likely N-dealkylation sites (N-methyl/N-ethyl adjacent to an activating group) is 1. The third kappa shape index (κ3) is 3.43. The number of nitrogens with zero attached hydrogens (tertiary/aromatic N) is 1. The smallest absolute Gasteiger partial charge is 0.353 e. The Labute approximate surface area is 176 Å². The van der Waals surface area contributed by atoms with E-state index in [1.165, 1.54) is 21.8 Å². The van der Waals surface area contributed by atoms with Gasteiger partial charge in [-0.15, -0.1) is 22.7 Å². The van der Waals surface area contributed by atoms with E-state index in [-0.39, 0.29) is 18.0 Å². The van der Waals surface area contributed by atoms with Crippen LogP contribution in [0.4, 0.5) is 5.00 Å². The zero-order chi connectivity index (χ0) is 20.0. The fourth-order valence-corrected chi connectivity index (χ4v) is 5.64. The molecular weight excluding hydrogens is 406 g/mol. The summed E-state index contributed by atoms with van der Waals surface area (Å²) in [6, 6.07) is 10.8. The van der Waals surface area contributed by atoms with Crippen molar-refractivity contribution >= 4 is 39.6 Å². The lowest BCUT2D eigenvalue weighted by molar-refractivity contribution is 0.0739. The first-order chi connectivity index (χ1) is 14.1. The molecule has 2 aliphatic rings. The second-order valence-corrected chi connectivity index (χ2v) is 9.24. The summed E-state index contributed by atoms with van der Waals surface area (Å²) < 4.78 is 5.40. The van der Waals surface area contributed by atoms with E-state index in [1.54, 1.807) is 29.5 Å². The highest BCUT2D eigenvalue weighted by Gasteiger charge is 2.32. The van der Waals surface area contributed by atoms with Gasteiger partial charge in [-0.2, -0.15) is 0 Å². The maximum Gasteiger partial charge on any atom is 0.353 e. The lowest BCUT2D eigenvalue weighted by Gasteiger charge is -2.27. The quantitative estimate of drug-likeness (QED) is 0.492. The van der Waals surface area contributed by atoms with Gasteiger partial charge in [0.1, 0.15) is 21.8 Å². The second kappa shape index (κ2) is 7.29. The maximum atomic E-state index is 12.8. The monoisotopic (exact) mass is 425 g/mol. The largest absolute Gasteiger partial charge is 0.422 e. The fourth-order valence-electron chi connectivity index (χ4n) is 3.69. The Bertz CT molecular complexity index is 1070. The highest BCUT2D eigenvalue weighted by atomic mass is 32.1. The van der Waals surface area contributed by atoms with Gasteiger partial charge in [-0.3, -0.25) is 4.79 Å². The number of carbonyl (C=O) groups excluding carboxylic acids is 2. The van der Waals surface area contributed by atoms with Crippen molar-refractivity contribution in [3.63, 3.8) is 0 Å². The molecule has 0 radical (unpaired) electrons. The lowest BCUT2D eigenvalue weighted by Crippen LogP contribution is -2.38. The van der Waals surface area contributed by atoms with Crippen LogP contribution in [0.15, 0.2) is 41.8 Å². The molecule has 148 valence electrons. The van der Waals surface area contributed by atoms with Crippen LogP contribution < -0.4 is 15.4 Å². The van der Waals surface area contributed by atoms with Crippen molar-refractivity contribution in [3.05, 3.63) is 68.2 Å². The molecule has 2 aromatic heterocycles. The number of carbonyl (C=O) groups is 2. The summed E-state index contributed by atoms with van der Waals surface area (Å²) >= 11 is 3.02. The summed E-state index contributed by atoms with van der Waals surface area (Å²) in [6.07, 6.45) is 0.594. The number of benzene rings is 1. The topological polar surface area (TPSA) is 70.7 Å². The number of thiophene rings is 2. The zero-order valence-electron chi connectivity index (χ0n) is 15.7. The van der Waals surface area contributed by atoms with Crippen LogP contribution in [-0.4, -0.2) is 30.4 Å². The number of hydrogen-bond donors (Lipinski definition) is 2. The molecule has 0 spiro atoms. The molecule has 2 aliphatic heterocycles. The molecule has 1 amide bonds. The Morgan fingerprint density at radius 3 is 2.79 bits per heavy atom. The van der Waals surface area contributed by atoms with Gasteiger partial charge >= 0.3 is 5.97 Å². The number of anilines is 1. The van der Waals surface area contributed by atoms with Gasteiger partial charge in [-0.25, -0.2) is 4.79 Å². The Balaban J connectivity index is 1.33. The van der Waals surface area contributed by atoms with Crippen molar-refractivity contribution in [1.82, 2.24) is 10.2 Å². The van der Waals surface area contributed by atoms with Gasteiger partial charge in [0.15, 0.2) is 0 Å². The number of hydrogen-bond acceptors (Lipinski definition) is 7. The van der Waals surface area contributed by atoms with Crippen LogP contribution in [-0.2, 0) is 13.0 Å². The Morgan fingerprint density at radius 1 is 1.21 bits per heavy atom. The Hall–Kier alpha value is -2.68. The molecule has 1 atom stereocenters. The van der Waals surface area contributed by atoms with Gasteiger partial charge in [0.05, 0.1) is 5.56 Å². The van der Waals surface area contributed by atoms with E-state index in [1.807, 2.05) is 23.6 Å². The molecule has 5 rings (SSSR count). The van der Waals surface area contributed by atoms with Crippen LogP contribution in [0.5, 0.6) is 5.75 Å². The summed E-state index contributed by atoms with van der Waals surface area (Å²) in [7, 11) is 2.10. The van der Waals surface area contributed by atoms with Crippen LogP contribution in [0, 0.1) is 0 Å². The number of amides is 1. The number of rotatable bonds is 3. The molecule has 3 aromatic rings. The van der Waals surface area contributed by atoms with Gasteiger partial charge in [0, 0.05) is 18.0 Å². The van der Waals surface area contributed by atoms with Crippen molar-refractivity contribution in [2.45, 2.75) is 19.1 Å². The molecule has 2 N–H and O–H groups in total. The van der Waals surface area contributed by atoms with Crippen molar-refractivity contribution < 1.29 is 14.3 Å². The molecule has 1 aromatic carbocycles. The zero-order valence-corrected chi connectivity index (χ0v) is 17.4. The van der Waals surface area contributed by atoms with Crippen molar-refractivity contribution in [3.8, 4) is 5.75 Å². The van der Waals surface area contributed by atoms with Crippen molar-refractivity contribution in [2.24, 2.45) is 0 Å². The molecule has 0 saturated carbocycles. The van der Waals surface area contributed by atoms with Gasteiger partial charge in [0.2, 0.25) is 0 Å². The molecule has 0 saturated heterocycles. The van der Waals surface area contributed by atoms with Gasteiger partial charge in [-0.05, 0) is 48.2 Å². The highest BCUT2D eigenvalue weighted by Crippen LogP contribution is 2.40. The number of fused-ring (bicyclic) bond motifs is 3.